The SMILES string of the molecule is COC(=O)C(C(=O)c1ncccn1)C(C)C. The van der Waals surface area contributed by atoms with E-state index in [0.717, 1.165) is 0 Å². The molecule has 0 aliphatic carbocycles. The normalized spacial score (nSPS) is 12.2. The lowest BCUT2D eigenvalue weighted by Crippen LogP contribution is -2.31. The highest BCUT2D eigenvalue weighted by molar-refractivity contribution is 6.06. The Bertz CT molecular complexity index is 376. The van der Waals surface area contributed by atoms with Gasteiger partial charge in [0.15, 0.2) is 5.82 Å². The summed E-state index contributed by atoms with van der Waals surface area (Å²) in [5.74, 6) is -1.89. The number of methoxy groups -OCH3 is 1. The van der Waals surface area contributed by atoms with E-state index >= 15 is 0 Å². The van der Waals surface area contributed by atoms with E-state index in [-0.39, 0.29) is 11.7 Å². The number of hydrogen-bond donors (Lipinski definition) is 0. The van der Waals surface area contributed by atoms with Crippen LogP contribution in [0.4, 0.5) is 0 Å². The quantitative estimate of drug-likeness (QED) is 0.433. The van der Waals surface area contributed by atoms with Gasteiger partial charge in [-0.3, -0.25) is 9.59 Å². The zero-order valence-electron chi connectivity index (χ0n) is 9.51. The maximum absolute atomic E-state index is 12.0. The lowest BCUT2D eigenvalue weighted by Gasteiger charge is -2.15. The number of hydrogen-bond acceptors (Lipinski definition) is 5. The number of esters is 1. The van der Waals surface area contributed by atoms with Crippen LogP contribution in [-0.4, -0.2) is 28.8 Å². The second-order valence-corrected chi connectivity index (χ2v) is 3.68. The van der Waals surface area contributed by atoms with E-state index in [2.05, 4.69) is 14.7 Å². The zero-order valence-corrected chi connectivity index (χ0v) is 9.51. The zero-order chi connectivity index (χ0) is 12.1. The van der Waals surface area contributed by atoms with Crippen molar-refractivity contribution >= 4 is 11.8 Å². The van der Waals surface area contributed by atoms with E-state index in [1.165, 1.54) is 19.5 Å². The molecule has 0 amide bonds. The molecular formula is C11H14N2O3. The standard InChI is InChI=1S/C11H14N2O3/c1-7(2)8(11(15)16-3)9(14)10-12-5-4-6-13-10/h4-8H,1-3H3. The molecule has 0 bridgehead atoms. The third kappa shape index (κ3) is 2.62. The molecule has 0 aliphatic rings. The summed E-state index contributed by atoms with van der Waals surface area (Å²) in [4.78, 5) is 31.1. The van der Waals surface area contributed by atoms with Crippen LogP contribution in [0.25, 0.3) is 0 Å². The highest BCUT2D eigenvalue weighted by Crippen LogP contribution is 2.16. The van der Waals surface area contributed by atoms with E-state index in [4.69, 9.17) is 0 Å². The molecule has 1 aromatic heterocycles. The number of ether oxygens (including phenoxy) is 1. The second kappa shape index (κ2) is 5.34. The molecule has 0 aliphatic heterocycles. The maximum Gasteiger partial charge on any atom is 0.316 e. The van der Waals surface area contributed by atoms with Crippen LogP contribution in [-0.2, 0) is 9.53 Å². The molecule has 0 spiro atoms. The summed E-state index contributed by atoms with van der Waals surface area (Å²) < 4.78 is 4.60. The predicted molar refractivity (Wildman–Crippen MR) is 56.7 cm³/mol. The van der Waals surface area contributed by atoms with Gasteiger partial charge in [-0.1, -0.05) is 13.8 Å². The van der Waals surface area contributed by atoms with Gasteiger partial charge in [-0.05, 0) is 12.0 Å². The molecule has 5 nitrogen and oxygen atoms in total. The molecule has 1 heterocycles. The van der Waals surface area contributed by atoms with Gasteiger partial charge in [-0.2, -0.15) is 0 Å². The fourth-order valence-corrected chi connectivity index (χ4v) is 1.37. The van der Waals surface area contributed by atoms with Crippen molar-refractivity contribution in [1.29, 1.82) is 0 Å². The molecular weight excluding hydrogens is 208 g/mol. The second-order valence-electron chi connectivity index (χ2n) is 3.68. The van der Waals surface area contributed by atoms with Gasteiger partial charge in [0.2, 0.25) is 5.78 Å². The summed E-state index contributed by atoms with van der Waals surface area (Å²) in [6.07, 6.45) is 2.93. The Morgan fingerprint density at radius 1 is 1.25 bits per heavy atom. The Hall–Kier alpha value is -1.78. The summed E-state index contributed by atoms with van der Waals surface area (Å²) in [5.41, 5.74) is 0. The Kier molecular flexibility index (Phi) is 4.10. The van der Waals surface area contributed by atoms with E-state index in [1.807, 2.05) is 0 Å². The third-order valence-corrected chi connectivity index (χ3v) is 2.19. The number of carbonyl (C=O) groups excluding carboxylic acids is 2. The summed E-state index contributed by atoms with van der Waals surface area (Å²) in [5, 5.41) is 0. The van der Waals surface area contributed by atoms with Gasteiger partial charge in [0.25, 0.3) is 0 Å². The first-order chi connectivity index (χ1) is 7.57. The van der Waals surface area contributed by atoms with Crippen LogP contribution in [0, 0.1) is 11.8 Å². The number of aromatic nitrogens is 2. The van der Waals surface area contributed by atoms with Crippen molar-refractivity contribution in [2.24, 2.45) is 11.8 Å². The van der Waals surface area contributed by atoms with Gasteiger partial charge in [0.1, 0.15) is 5.92 Å². The average Bonchev–Trinajstić information content (AvgIpc) is 2.29. The van der Waals surface area contributed by atoms with Gasteiger partial charge in [0.05, 0.1) is 7.11 Å². The largest absolute Gasteiger partial charge is 0.468 e. The monoisotopic (exact) mass is 222 g/mol. The van der Waals surface area contributed by atoms with Crippen molar-refractivity contribution in [1.82, 2.24) is 9.97 Å². The van der Waals surface area contributed by atoms with Crippen molar-refractivity contribution in [3.63, 3.8) is 0 Å². The molecule has 1 rings (SSSR count). The Morgan fingerprint density at radius 2 is 1.81 bits per heavy atom. The number of Topliss-reactive ketones (excluding diaryl/α,β-unsaturated/α-hetero) is 1. The van der Waals surface area contributed by atoms with Crippen LogP contribution in [0.15, 0.2) is 18.5 Å². The van der Waals surface area contributed by atoms with Gasteiger partial charge in [-0.25, -0.2) is 9.97 Å². The molecule has 16 heavy (non-hydrogen) atoms. The first-order valence-electron chi connectivity index (χ1n) is 4.97. The summed E-state index contributed by atoms with van der Waals surface area (Å²) in [6, 6.07) is 1.61. The Labute approximate surface area is 93.9 Å². The maximum atomic E-state index is 12.0. The van der Waals surface area contributed by atoms with Crippen LogP contribution in [0.1, 0.15) is 24.5 Å². The fraction of sp³-hybridized carbons (Fsp3) is 0.455. The van der Waals surface area contributed by atoms with Crippen molar-refractivity contribution in [3.05, 3.63) is 24.3 Å². The molecule has 5 heteroatoms. The average molecular weight is 222 g/mol. The summed E-state index contributed by atoms with van der Waals surface area (Å²) in [7, 11) is 1.26. The third-order valence-electron chi connectivity index (χ3n) is 2.19. The van der Waals surface area contributed by atoms with Gasteiger partial charge >= 0.3 is 5.97 Å². The van der Waals surface area contributed by atoms with Gasteiger partial charge in [-0.15, -0.1) is 0 Å². The smallest absolute Gasteiger partial charge is 0.316 e. The van der Waals surface area contributed by atoms with Crippen molar-refractivity contribution in [2.75, 3.05) is 7.11 Å². The minimum absolute atomic E-state index is 0.0478. The molecule has 0 saturated carbocycles. The molecule has 86 valence electrons. The number of carbonyl (C=O) groups is 2. The van der Waals surface area contributed by atoms with E-state index < -0.39 is 17.7 Å². The van der Waals surface area contributed by atoms with Crippen LogP contribution >= 0.6 is 0 Å². The van der Waals surface area contributed by atoms with Crippen molar-refractivity contribution in [3.8, 4) is 0 Å². The van der Waals surface area contributed by atoms with Gasteiger partial charge < -0.3 is 4.74 Å². The minimum Gasteiger partial charge on any atom is -0.468 e. The molecule has 0 aromatic carbocycles. The van der Waals surface area contributed by atoms with Crippen LogP contribution < -0.4 is 0 Å². The number of rotatable bonds is 4. The molecule has 0 N–H and O–H groups in total. The van der Waals surface area contributed by atoms with Crippen LogP contribution in [0.5, 0.6) is 0 Å². The topological polar surface area (TPSA) is 69.2 Å². The fourth-order valence-electron chi connectivity index (χ4n) is 1.37. The Morgan fingerprint density at radius 3 is 2.25 bits per heavy atom. The lowest BCUT2D eigenvalue weighted by molar-refractivity contribution is -0.144. The first kappa shape index (κ1) is 12.3. The molecule has 1 atom stereocenters. The molecule has 1 unspecified atom stereocenters. The van der Waals surface area contributed by atoms with E-state index in [1.54, 1.807) is 19.9 Å². The Balaban J connectivity index is 2.97. The summed E-state index contributed by atoms with van der Waals surface area (Å²) in [6.45, 7) is 3.56. The molecule has 1 aromatic rings. The molecule has 0 radical (unpaired) electrons. The minimum atomic E-state index is -0.840. The molecule has 0 saturated heterocycles. The van der Waals surface area contributed by atoms with E-state index in [0.29, 0.717) is 0 Å². The van der Waals surface area contributed by atoms with Gasteiger partial charge in [0, 0.05) is 12.4 Å². The predicted octanol–water partition coefficient (Wildman–Crippen LogP) is 1.10. The van der Waals surface area contributed by atoms with Crippen molar-refractivity contribution < 1.29 is 14.3 Å². The first-order valence-corrected chi connectivity index (χ1v) is 4.97. The van der Waals surface area contributed by atoms with Crippen LogP contribution in [0.2, 0.25) is 0 Å². The summed E-state index contributed by atoms with van der Waals surface area (Å²) >= 11 is 0. The highest BCUT2D eigenvalue weighted by Gasteiger charge is 2.32. The van der Waals surface area contributed by atoms with Crippen molar-refractivity contribution in [2.45, 2.75) is 13.8 Å². The highest BCUT2D eigenvalue weighted by atomic mass is 16.5. The number of ketones is 1. The van der Waals surface area contributed by atoms with E-state index in [9.17, 15) is 9.59 Å². The van der Waals surface area contributed by atoms with Crippen LogP contribution in [0.3, 0.4) is 0 Å². The lowest BCUT2D eigenvalue weighted by atomic mass is 9.91. The number of nitrogens with zero attached hydrogens (tertiary/aromatic N) is 2. The molecule has 0 fully saturated rings.